The largest absolute Gasteiger partial charge is 0.497 e. The monoisotopic (exact) mass is 500 g/mol. The predicted molar refractivity (Wildman–Crippen MR) is 141 cm³/mol. The van der Waals surface area contributed by atoms with Gasteiger partial charge in [-0.15, -0.1) is 10.2 Å². The maximum absolute atomic E-state index is 12.7. The molecule has 5 rings (SSSR count). The molecule has 1 aliphatic heterocycles. The van der Waals surface area contributed by atoms with E-state index in [0.29, 0.717) is 37.6 Å². The Morgan fingerprint density at radius 3 is 2.31 bits per heavy atom. The molecule has 1 fully saturated rings. The van der Waals surface area contributed by atoms with Crippen molar-refractivity contribution in [2.24, 2.45) is 0 Å². The van der Waals surface area contributed by atoms with Crippen LogP contribution in [0.5, 0.6) is 5.75 Å². The van der Waals surface area contributed by atoms with Crippen LogP contribution in [0.2, 0.25) is 0 Å². The molecule has 0 aliphatic carbocycles. The summed E-state index contributed by atoms with van der Waals surface area (Å²) in [5.74, 6) is 2.34. The molecule has 1 aliphatic rings. The summed E-state index contributed by atoms with van der Waals surface area (Å²) in [5, 5.41) is 9.86. The SMILES string of the molecule is COc1ccc(-n2c(SCc3ccc(C(=O)N4CCOCC4)cc3)nnc2-c2ccc(C)cc2)cc1. The zero-order valence-electron chi connectivity index (χ0n) is 20.4. The van der Waals surface area contributed by atoms with E-state index in [1.54, 1.807) is 18.9 Å². The first kappa shape index (κ1) is 24.1. The van der Waals surface area contributed by atoms with E-state index in [-0.39, 0.29) is 5.91 Å². The zero-order chi connectivity index (χ0) is 24.9. The van der Waals surface area contributed by atoms with E-state index in [1.165, 1.54) is 5.56 Å². The molecule has 0 saturated carbocycles. The number of nitrogens with zero attached hydrogens (tertiary/aromatic N) is 4. The summed E-state index contributed by atoms with van der Waals surface area (Å²) in [7, 11) is 1.66. The molecule has 4 aromatic rings. The Balaban J connectivity index is 1.37. The maximum Gasteiger partial charge on any atom is 0.254 e. The number of aromatic nitrogens is 3. The molecule has 0 bridgehead atoms. The summed E-state index contributed by atoms with van der Waals surface area (Å²) in [6, 6.07) is 24.0. The summed E-state index contributed by atoms with van der Waals surface area (Å²) < 4.78 is 12.8. The fourth-order valence-electron chi connectivity index (χ4n) is 4.06. The van der Waals surface area contributed by atoms with Crippen molar-refractivity contribution in [2.45, 2.75) is 17.8 Å². The highest BCUT2D eigenvalue weighted by atomic mass is 32.2. The van der Waals surface area contributed by atoms with Crippen LogP contribution in [-0.2, 0) is 10.5 Å². The number of ether oxygens (including phenoxy) is 2. The summed E-state index contributed by atoms with van der Waals surface area (Å²) in [4.78, 5) is 14.6. The van der Waals surface area contributed by atoms with Gasteiger partial charge in [0.1, 0.15) is 5.75 Å². The fraction of sp³-hybridized carbons (Fsp3) is 0.250. The van der Waals surface area contributed by atoms with E-state index in [1.807, 2.05) is 53.4 Å². The second-order valence-electron chi connectivity index (χ2n) is 8.60. The molecule has 184 valence electrons. The Kier molecular flexibility index (Phi) is 7.34. The molecule has 0 radical (unpaired) electrons. The topological polar surface area (TPSA) is 69.5 Å². The van der Waals surface area contributed by atoms with Gasteiger partial charge in [-0.3, -0.25) is 9.36 Å². The molecular formula is C28H28N4O3S. The molecule has 2 heterocycles. The number of morpholine rings is 1. The number of thioether (sulfide) groups is 1. The highest BCUT2D eigenvalue weighted by Gasteiger charge is 2.19. The quantitative estimate of drug-likeness (QED) is 0.332. The zero-order valence-corrected chi connectivity index (χ0v) is 21.2. The number of aryl methyl sites for hydroxylation is 1. The van der Waals surface area contributed by atoms with Gasteiger partial charge in [0.25, 0.3) is 5.91 Å². The summed E-state index contributed by atoms with van der Waals surface area (Å²) in [6.07, 6.45) is 0. The van der Waals surface area contributed by atoms with Crippen LogP contribution in [0.15, 0.2) is 78.0 Å². The van der Waals surface area contributed by atoms with Crippen molar-refractivity contribution in [3.05, 3.63) is 89.5 Å². The molecule has 36 heavy (non-hydrogen) atoms. The number of methoxy groups -OCH3 is 1. The number of hydrogen-bond donors (Lipinski definition) is 0. The molecule has 0 unspecified atom stereocenters. The average Bonchev–Trinajstić information content (AvgIpc) is 3.36. The molecule has 3 aromatic carbocycles. The maximum atomic E-state index is 12.7. The average molecular weight is 501 g/mol. The van der Waals surface area contributed by atoms with Crippen molar-refractivity contribution >= 4 is 17.7 Å². The van der Waals surface area contributed by atoms with Gasteiger partial charge in [-0.25, -0.2) is 0 Å². The molecule has 0 atom stereocenters. The first-order valence-electron chi connectivity index (χ1n) is 11.9. The lowest BCUT2D eigenvalue weighted by Crippen LogP contribution is -2.40. The van der Waals surface area contributed by atoms with Crippen LogP contribution < -0.4 is 4.74 Å². The minimum absolute atomic E-state index is 0.0551. The lowest BCUT2D eigenvalue weighted by atomic mass is 10.1. The number of rotatable bonds is 7. The third kappa shape index (κ3) is 5.29. The second-order valence-corrected chi connectivity index (χ2v) is 9.54. The number of carbonyl (C=O) groups is 1. The molecule has 0 spiro atoms. The van der Waals surface area contributed by atoms with Crippen molar-refractivity contribution < 1.29 is 14.3 Å². The number of benzene rings is 3. The van der Waals surface area contributed by atoms with Crippen molar-refractivity contribution in [3.63, 3.8) is 0 Å². The molecule has 1 aromatic heterocycles. The Bertz CT molecular complexity index is 1310. The smallest absolute Gasteiger partial charge is 0.254 e. The molecule has 0 N–H and O–H groups in total. The van der Waals surface area contributed by atoms with Crippen LogP contribution in [-0.4, -0.2) is 59.0 Å². The van der Waals surface area contributed by atoms with Gasteiger partial charge in [0, 0.05) is 35.7 Å². The van der Waals surface area contributed by atoms with Gasteiger partial charge in [-0.2, -0.15) is 0 Å². The minimum atomic E-state index is 0.0551. The van der Waals surface area contributed by atoms with Crippen LogP contribution >= 0.6 is 11.8 Å². The van der Waals surface area contributed by atoms with Gasteiger partial charge in [0.05, 0.1) is 20.3 Å². The van der Waals surface area contributed by atoms with E-state index < -0.39 is 0 Å². The lowest BCUT2D eigenvalue weighted by Gasteiger charge is -2.26. The first-order chi connectivity index (χ1) is 17.6. The Morgan fingerprint density at radius 1 is 0.944 bits per heavy atom. The van der Waals surface area contributed by atoms with Crippen LogP contribution in [0.4, 0.5) is 0 Å². The Labute approximate surface area is 215 Å². The summed E-state index contributed by atoms with van der Waals surface area (Å²) in [5.41, 5.74) is 4.97. The van der Waals surface area contributed by atoms with Crippen molar-refractivity contribution in [2.75, 3.05) is 33.4 Å². The van der Waals surface area contributed by atoms with Crippen molar-refractivity contribution in [3.8, 4) is 22.8 Å². The lowest BCUT2D eigenvalue weighted by molar-refractivity contribution is 0.0303. The molecule has 1 amide bonds. The van der Waals surface area contributed by atoms with Crippen molar-refractivity contribution in [1.29, 1.82) is 0 Å². The highest BCUT2D eigenvalue weighted by molar-refractivity contribution is 7.98. The van der Waals surface area contributed by atoms with E-state index >= 15 is 0 Å². The number of carbonyl (C=O) groups excluding carboxylic acids is 1. The third-order valence-corrected chi connectivity index (χ3v) is 7.14. The number of hydrogen-bond acceptors (Lipinski definition) is 6. The molecule has 7 nitrogen and oxygen atoms in total. The van der Waals surface area contributed by atoms with Gasteiger partial charge >= 0.3 is 0 Å². The molecule has 8 heteroatoms. The summed E-state index contributed by atoms with van der Waals surface area (Å²) >= 11 is 1.61. The standard InChI is InChI=1S/C28H28N4O3S/c1-20-3-7-22(8-4-20)26-29-30-28(32(26)24-11-13-25(34-2)14-12-24)36-19-21-5-9-23(10-6-21)27(33)31-15-17-35-18-16-31/h3-14H,15-19H2,1-2H3. The Hall–Kier alpha value is -3.62. The normalized spacial score (nSPS) is 13.6. The summed E-state index contributed by atoms with van der Waals surface area (Å²) in [6.45, 7) is 4.54. The van der Waals surface area contributed by atoms with Gasteiger partial charge < -0.3 is 14.4 Å². The van der Waals surface area contributed by atoms with Crippen LogP contribution in [0, 0.1) is 6.92 Å². The third-order valence-electron chi connectivity index (χ3n) is 6.14. The van der Waals surface area contributed by atoms with E-state index in [9.17, 15) is 4.79 Å². The first-order valence-corrected chi connectivity index (χ1v) is 12.9. The Morgan fingerprint density at radius 2 is 1.64 bits per heavy atom. The van der Waals surface area contributed by atoms with E-state index in [4.69, 9.17) is 9.47 Å². The molecular weight excluding hydrogens is 472 g/mol. The van der Waals surface area contributed by atoms with Gasteiger partial charge in [-0.1, -0.05) is 53.7 Å². The van der Waals surface area contributed by atoms with Crippen LogP contribution in [0.25, 0.3) is 17.1 Å². The van der Waals surface area contributed by atoms with Crippen LogP contribution in [0.3, 0.4) is 0 Å². The van der Waals surface area contributed by atoms with Gasteiger partial charge in [0.2, 0.25) is 0 Å². The highest BCUT2D eigenvalue weighted by Crippen LogP contribution is 2.30. The van der Waals surface area contributed by atoms with Crippen LogP contribution in [0.1, 0.15) is 21.5 Å². The second kappa shape index (κ2) is 11.0. The van der Waals surface area contributed by atoms with Crippen molar-refractivity contribution in [1.82, 2.24) is 19.7 Å². The predicted octanol–water partition coefficient (Wildman–Crippen LogP) is 5.02. The van der Waals surface area contributed by atoms with E-state index in [0.717, 1.165) is 33.5 Å². The van der Waals surface area contributed by atoms with Gasteiger partial charge in [-0.05, 0) is 48.9 Å². The molecule has 1 saturated heterocycles. The van der Waals surface area contributed by atoms with E-state index in [2.05, 4.69) is 46.0 Å². The van der Waals surface area contributed by atoms with Gasteiger partial charge in [0.15, 0.2) is 11.0 Å². The minimum Gasteiger partial charge on any atom is -0.497 e. The number of amides is 1. The fourth-order valence-corrected chi connectivity index (χ4v) is 4.97.